The molecule has 0 amide bonds. The van der Waals surface area contributed by atoms with E-state index in [1.807, 2.05) is 6.07 Å². The summed E-state index contributed by atoms with van der Waals surface area (Å²) in [5, 5.41) is 0. The Bertz CT molecular complexity index is 306. The van der Waals surface area contributed by atoms with Gasteiger partial charge >= 0.3 is 23.1 Å². The average molecular weight is 380 g/mol. The van der Waals surface area contributed by atoms with E-state index in [2.05, 4.69) is 31.2 Å². The second-order valence-electron chi connectivity index (χ2n) is 5.57. The van der Waals surface area contributed by atoms with Crippen molar-refractivity contribution >= 4 is 23.1 Å². The molecule has 0 aliphatic rings. The van der Waals surface area contributed by atoms with Crippen molar-refractivity contribution in [1.82, 2.24) is 0 Å². The van der Waals surface area contributed by atoms with Crippen LogP contribution in [0.15, 0.2) is 30.3 Å². The van der Waals surface area contributed by atoms with Crippen molar-refractivity contribution in [3.05, 3.63) is 42.8 Å². The summed E-state index contributed by atoms with van der Waals surface area (Å²) in [7, 11) is 0. The van der Waals surface area contributed by atoms with Crippen LogP contribution in [0.1, 0.15) is 69.8 Å². The predicted octanol–water partition coefficient (Wildman–Crippen LogP) is 2.56. The Labute approximate surface area is 164 Å². The van der Waals surface area contributed by atoms with Crippen LogP contribution in [-0.2, 0) is 11.3 Å². The molecule has 0 saturated heterocycles. The normalized spacial score (nSPS) is 9.86. The SMILES string of the molecule is [Br-].[CH2-]CCCCCCCCCCCOCc1ccccc1.[Mg+2]. The molecular weight excluding hydrogens is 348 g/mol. The molecule has 0 heterocycles. The van der Waals surface area contributed by atoms with Crippen LogP contribution in [0, 0.1) is 6.92 Å². The molecule has 0 fully saturated rings. The van der Waals surface area contributed by atoms with Gasteiger partial charge in [0.25, 0.3) is 0 Å². The summed E-state index contributed by atoms with van der Waals surface area (Å²) in [4.78, 5) is 0. The van der Waals surface area contributed by atoms with Crippen molar-refractivity contribution in [3.63, 3.8) is 0 Å². The summed E-state index contributed by atoms with van der Waals surface area (Å²) in [5.41, 5.74) is 1.27. The van der Waals surface area contributed by atoms with Crippen molar-refractivity contribution in [2.75, 3.05) is 6.61 Å². The van der Waals surface area contributed by atoms with Crippen LogP contribution >= 0.6 is 0 Å². The minimum Gasteiger partial charge on any atom is -1.00 e. The summed E-state index contributed by atoms with van der Waals surface area (Å²) < 4.78 is 5.69. The molecular formula is C19H31BrMgO. The second kappa shape index (κ2) is 19.5. The number of unbranched alkanes of at least 4 members (excludes halogenated alkanes) is 9. The fourth-order valence-corrected chi connectivity index (χ4v) is 2.38. The van der Waals surface area contributed by atoms with E-state index in [0.29, 0.717) is 0 Å². The summed E-state index contributed by atoms with van der Waals surface area (Å²) in [6, 6.07) is 10.4. The molecule has 0 spiro atoms. The molecule has 0 saturated carbocycles. The quantitative estimate of drug-likeness (QED) is 0.291. The van der Waals surface area contributed by atoms with Crippen molar-refractivity contribution < 1.29 is 21.7 Å². The van der Waals surface area contributed by atoms with Crippen LogP contribution in [0.2, 0.25) is 0 Å². The number of benzene rings is 1. The fraction of sp³-hybridized carbons (Fsp3) is 0.632. The Hall–Kier alpha value is 0.426. The Balaban J connectivity index is 0. The van der Waals surface area contributed by atoms with Gasteiger partial charge in [-0.3, -0.25) is 0 Å². The zero-order valence-electron chi connectivity index (χ0n) is 14.1. The van der Waals surface area contributed by atoms with E-state index in [4.69, 9.17) is 4.74 Å². The van der Waals surface area contributed by atoms with Crippen molar-refractivity contribution in [2.24, 2.45) is 0 Å². The monoisotopic (exact) mass is 378 g/mol. The van der Waals surface area contributed by atoms with E-state index in [0.717, 1.165) is 19.6 Å². The van der Waals surface area contributed by atoms with E-state index in [1.165, 1.54) is 63.4 Å². The number of ether oxygens (including phenoxy) is 1. The van der Waals surface area contributed by atoms with Gasteiger partial charge in [0.2, 0.25) is 0 Å². The molecule has 0 atom stereocenters. The van der Waals surface area contributed by atoms with Crippen molar-refractivity contribution in [3.8, 4) is 0 Å². The van der Waals surface area contributed by atoms with Crippen LogP contribution in [0.25, 0.3) is 0 Å². The summed E-state index contributed by atoms with van der Waals surface area (Å²) >= 11 is 0. The molecule has 1 nitrogen and oxygen atoms in total. The zero-order valence-corrected chi connectivity index (χ0v) is 17.1. The minimum absolute atomic E-state index is 0. The third kappa shape index (κ3) is 15.3. The van der Waals surface area contributed by atoms with Gasteiger partial charge in [0.05, 0.1) is 6.61 Å². The van der Waals surface area contributed by atoms with Crippen LogP contribution in [0.4, 0.5) is 0 Å². The van der Waals surface area contributed by atoms with Gasteiger partial charge in [-0.15, -0.1) is 0 Å². The third-order valence-electron chi connectivity index (χ3n) is 3.65. The molecule has 0 bridgehead atoms. The smallest absolute Gasteiger partial charge is 1.00 e. The third-order valence-corrected chi connectivity index (χ3v) is 3.65. The molecule has 3 heteroatoms. The second-order valence-corrected chi connectivity index (χ2v) is 5.57. The Morgan fingerprint density at radius 1 is 0.727 bits per heavy atom. The molecule has 22 heavy (non-hydrogen) atoms. The van der Waals surface area contributed by atoms with Gasteiger partial charge in [0, 0.05) is 6.61 Å². The Morgan fingerprint density at radius 2 is 1.23 bits per heavy atom. The van der Waals surface area contributed by atoms with E-state index in [-0.39, 0.29) is 40.0 Å². The van der Waals surface area contributed by atoms with E-state index in [9.17, 15) is 0 Å². The van der Waals surface area contributed by atoms with Crippen LogP contribution < -0.4 is 17.0 Å². The van der Waals surface area contributed by atoms with E-state index in [1.54, 1.807) is 0 Å². The molecule has 0 aliphatic heterocycles. The number of rotatable bonds is 13. The van der Waals surface area contributed by atoms with Crippen LogP contribution in [0.3, 0.4) is 0 Å². The topological polar surface area (TPSA) is 9.23 Å². The summed E-state index contributed by atoms with van der Waals surface area (Å²) in [6.45, 7) is 5.53. The van der Waals surface area contributed by atoms with Gasteiger partial charge in [0.1, 0.15) is 0 Å². The Morgan fingerprint density at radius 3 is 1.77 bits per heavy atom. The average Bonchev–Trinajstić information content (AvgIpc) is 2.49. The molecule has 0 unspecified atom stereocenters. The molecule has 1 aromatic rings. The van der Waals surface area contributed by atoms with Crippen LogP contribution in [-0.4, -0.2) is 29.7 Å². The van der Waals surface area contributed by atoms with Gasteiger partial charge in [-0.05, 0) is 12.0 Å². The maximum absolute atomic E-state index is 5.69. The molecule has 0 aromatic heterocycles. The first-order valence-corrected chi connectivity index (χ1v) is 8.34. The van der Waals surface area contributed by atoms with E-state index < -0.39 is 0 Å². The Kier molecular flexibility index (Phi) is 21.8. The molecule has 1 aromatic carbocycles. The maximum Gasteiger partial charge on any atom is 2.00 e. The number of halogens is 1. The first kappa shape index (κ1) is 24.7. The van der Waals surface area contributed by atoms with Crippen molar-refractivity contribution in [2.45, 2.75) is 70.8 Å². The molecule has 122 valence electrons. The molecule has 0 radical (unpaired) electrons. The van der Waals surface area contributed by atoms with Gasteiger partial charge < -0.3 is 28.6 Å². The largest absolute Gasteiger partial charge is 2.00 e. The molecule has 0 N–H and O–H groups in total. The van der Waals surface area contributed by atoms with Gasteiger partial charge in [0.15, 0.2) is 0 Å². The molecule has 1 rings (SSSR count). The number of hydrogen-bond acceptors (Lipinski definition) is 1. The first-order chi connectivity index (χ1) is 9.93. The van der Waals surface area contributed by atoms with E-state index >= 15 is 0 Å². The van der Waals surface area contributed by atoms with Gasteiger partial charge in [-0.25, -0.2) is 0 Å². The van der Waals surface area contributed by atoms with Crippen LogP contribution in [0.5, 0.6) is 0 Å². The van der Waals surface area contributed by atoms with Gasteiger partial charge in [-0.1, -0.05) is 81.7 Å². The zero-order chi connectivity index (χ0) is 14.3. The molecule has 0 aliphatic carbocycles. The summed E-state index contributed by atoms with van der Waals surface area (Å²) in [6.07, 6.45) is 13.3. The summed E-state index contributed by atoms with van der Waals surface area (Å²) in [5.74, 6) is 0. The first-order valence-electron chi connectivity index (χ1n) is 8.34. The van der Waals surface area contributed by atoms with Gasteiger partial charge in [-0.2, -0.15) is 6.42 Å². The number of hydrogen-bond donors (Lipinski definition) is 0. The maximum atomic E-state index is 5.69. The standard InChI is InChI=1S/C19H31O.BrH.Mg/c1-2-3-4-5-6-7-8-9-10-14-17-20-18-19-15-12-11-13-16-19;;/h11-13,15-16H,1-10,14,17-18H2;1H;/q-1;;+2/p-1. The predicted molar refractivity (Wildman–Crippen MR) is 93.4 cm³/mol. The fourth-order valence-electron chi connectivity index (χ4n) is 2.38. The minimum atomic E-state index is 0. The van der Waals surface area contributed by atoms with Crippen molar-refractivity contribution in [1.29, 1.82) is 0 Å².